The van der Waals surface area contributed by atoms with Gasteiger partial charge in [0, 0.05) is 17.7 Å². The molecule has 0 radical (unpaired) electrons. The number of aromatic nitrogens is 1. The molecule has 1 aromatic rings. The van der Waals surface area contributed by atoms with Crippen LogP contribution in [0, 0.1) is 5.92 Å². The summed E-state index contributed by atoms with van der Waals surface area (Å²) in [6.07, 6.45) is 4.41. The quantitative estimate of drug-likeness (QED) is 0.653. The van der Waals surface area contributed by atoms with Gasteiger partial charge < -0.3 is 9.47 Å². The Balaban J connectivity index is 2.38. The van der Waals surface area contributed by atoms with Crippen LogP contribution in [0.25, 0.3) is 0 Å². The van der Waals surface area contributed by atoms with Crippen LogP contribution in [0.5, 0.6) is 5.75 Å². The molecule has 1 saturated heterocycles. The first-order valence-corrected chi connectivity index (χ1v) is 6.95. The first-order valence-electron chi connectivity index (χ1n) is 6.95. The molecule has 0 saturated carbocycles. The molecule has 0 bridgehead atoms. The molecule has 0 spiro atoms. The highest BCUT2D eigenvalue weighted by Gasteiger charge is 2.49. The van der Waals surface area contributed by atoms with Crippen molar-refractivity contribution in [2.24, 2.45) is 11.8 Å². The number of pyridine rings is 1. The molecule has 2 heterocycles. The lowest BCUT2D eigenvalue weighted by molar-refractivity contribution is -0.0779. The molecule has 1 fully saturated rings. The minimum Gasteiger partial charge on any atom is -0.495 e. The van der Waals surface area contributed by atoms with Gasteiger partial charge >= 0.3 is 0 Å². The molecule has 0 amide bonds. The number of hydrazine groups is 1. The molecular formula is C15H25N3O2. The summed E-state index contributed by atoms with van der Waals surface area (Å²) in [6.45, 7) is 8.47. The van der Waals surface area contributed by atoms with E-state index in [-0.39, 0.29) is 23.2 Å². The molecule has 1 aliphatic rings. The number of nitrogens with two attached hydrogens (primary N) is 1. The Kier molecular flexibility index (Phi) is 4.04. The van der Waals surface area contributed by atoms with E-state index >= 15 is 0 Å². The highest BCUT2D eigenvalue weighted by atomic mass is 16.5. The maximum Gasteiger partial charge on any atom is 0.141 e. The minimum absolute atomic E-state index is 0.0373. The third-order valence-corrected chi connectivity index (χ3v) is 4.10. The predicted molar refractivity (Wildman–Crippen MR) is 78.2 cm³/mol. The largest absolute Gasteiger partial charge is 0.495 e. The van der Waals surface area contributed by atoms with Crippen molar-refractivity contribution in [1.29, 1.82) is 0 Å². The second-order valence-electron chi connectivity index (χ2n) is 6.54. The van der Waals surface area contributed by atoms with Gasteiger partial charge in [-0.2, -0.15) is 0 Å². The van der Waals surface area contributed by atoms with Gasteiger partial charge in [-0.3, -0.25) is 16.3 Å². The number of nitrogens with zero attached hydrogens (tertiary/aromatic N) is 1. The van der Waals surface area contributed by atoms with E-state index in [2.05, 4.69) is 38.1 Å². The molecule has 1 aromatic heterocycles. The molecule has 2 rings (SSSR count). The Labute approximate surface area is 120 Å². The highest BCUT2D eigenvalue weighted by Crippen LogP contribution is 2.48. The fourth-order valence-corrected chi connectivity index (χ4v) is 3.36. The summed E-state index contributed by atoms with van der Waals surface area (Å²) in [4.78, 5) is 4.10. The Hall–Kier alpha value is -1.17. The second kappa shape index (κ2) is 5.31. The SMILES string of the molecule is COc1cnccc1C(NN)C1CC(C)(C)OC1(C)C. The maximum atomic E-state index is 6.17. The molecule has 2 unspecified atom stereocenters. The van der Waals surface area contributed by atoms with Crippen molar-refractivity contribution in [2.45, 2.75) is 51.4 Å². The van der Waals surface area contributed by atoms with Crippen LogP contribution in [0.2, 0.25) is 0 Å². The zero-order chi connectivity index (χ0) is 15.0. The zero-order valence-electron chi connectivity index (χ0n) is 12.9. The number of rotatable bonds is 4. The van der Waals surface area contributed by atoms with Gasteiger partial charge in [-0.05, 0) is 40.2 Å². The molecule has 112 valence electrons. The minimum atomic E-state index is -0.255. The summed E-state index contributed by atoms with van der Waals surface area (Å²) in [5, 5.41) is 0. The summed E-state index contributed by atoms with van der Waals surface area (Å²) in [5.41, 5.74) is 3.55. The Morgan fingerprint density at radius 2 is 2.15 bits per heavy atom. The summed E-state index contributed by atoms with van der Waals surface area (Å²) in [5.74, 6) is 6.83. The molecular weight excluding hydrogens is 254 g/mol. The van der Waals surface area contributed by atoms with E-state index in [9.17, 15) is 0 Å². The standard InChI is InChI=1S/C15H25N3O2/c1-14(2)8-11(15(3,4)20-14)13(18-16)10-6-7-17-9-12(10)19-5/h6-7,9,11,13,18H,8,16H2,1-5H3. The third-order valence-electron chi connectivity index (χ3n) is 4.10. The van der Waals surface area contributed by atoms with Crippen molar-refractivity contribution < 1.29 is 9.47 Å². The number of nitrogens with one attached hydrogen (secondary N) is 1. The Morgan fingerprint density at radius 3 is 2.65 bits per heavy atom. The van der Waals surface area contributed by atoms with Gasteiger partial charge in [0.1, 0.15) is 5.75 Å². The van der Waals surface area contributed by atoms with Crippen LogP contribution < -0.4 is 16.0 Å². The van der Waals surface area contributed by atoms with Crippen molar-refractivity contribution >= 4 is 0 Å². The average Bonchev–Trinajstić information content (AvgIpc) is 2.59. The Bertz CT molecular complexity index is 474. The summed E-state index contributed by atoms with van der Waals surface area (Å²) in [6, 6.07) is 1.91. The highest BCUT2D eigenvalue weighted by molar-refractivity contribution is 5.34. The topological polar surface area (TPSA) is 69.4 Å². The fourth-order valence-electron chi connectivity index (χ4n) is 3.36. The van der Waals surface area contributed by atoms with E-state index in [1.54, 1.807) is 19.5 Å². The van der Waals surface area contributed by atoms with Crippen molar-refractivity contribution in [3.63, 3.8) is 0 Å². The first-order chi connectivity index (χ1) is 9.30. The van der Waals surface area contributed by atoms with Crippen molar-refractivity contribution in [3.05, 3.63) is 24.0 Å². The van der Waals surface area contributed by atoms with Gasteiger partial charge in [0.05, 0.1) is 30.6 Å². The normalized spacial score (nSPS) is 25.4. The molecule has 2 atom stereocenters. The summed E-state index contributed by atoms with van der Waals surface area (Å²) < 4.78 is 11.6. The molecule has 3 N–H and O–H groups in total. The van der Waals surface area contributed by atoms with Crippen molar-refractivity contribution in [1.82, 2.24) is 10.4 Å². The van der Waals surface area contributed by atoms with E-state index in [0.29, 0.717) is 0 Å². The van der Waals surface area contributed by atoms with Crippen LogP contribution >= 0.6 is 0 Å². The smallest absolute Gasteiger partial charge is 0.141 e. The van der Waals surface area contributed by atoms with Gasteiger partial charge in [-0.15, -0.1) is 0 Å². The molecule has 0 aliphatic carbocycles. The van der Waals surface area contributed by atoms with Gasteiger partial charge in [0.2, 0.25) is 0 Å². The van der Waals surface area contributed by atoms with Gasteiger partial charge in [-0.1, -0.05) is 0 Å². The van der Waals surface area contributed by atoms with E-state index in [4.69, 9.17) is 15.3 Å². The third kappa shape index (κ3) is 2.80. The number of ether oxygens (including phenoxy) is 2. The predicted octanol–water partition coefficient (Wildman–Crippen LogP) is 2.19. The lowest BCUT2D eigenvalue weighted by Crippen LogP contribution is -2.41. The van der Waals surface area contributed by atoms with E-state index < -0.39 is 0 Å². The summed E-state index contributed by atoms with van der Waals surface area (Å²) >= 11 is 0. The van der Waals surface area contributed by atoms with Crippen LogP contribution in [-0.4, -0.2) is 23.3 Å². The lowest BCUT2D eigenvalue weighted by Gasteiger charge is -2.33. The second-order valence-corrected chi connectivity index (χ2v) is 6.54. The van der Waals surface area contributed by atoms with Crippen LogP contribution in [0.1, 0.15) is 45.7 Å². The molecule has 5 nitrogen and oxygen atoms in total. The zero-order valence-corrected chi connectivity index (χ0v) is 12.9. The molecule has 0 aromatic carbocycles. The molecule has 20 heavy (non-hydrogen) atoms. The van der Waals surface area contributed by atoms with E-state index in [0.717, 1.165) is 17.7 Å². The Morgan fingerprint density at radius 1 is 1.45 bits per heavy atom. The number of methoxy groups -OCH3 is 1. The monoisotopic (exact) mass is 279 g/mol. The van der Waals surface area contributed by atoms with E-state index in [1.165, 1.54) is 0 Å². The van der Waals surface area contributed by atoms with E-state index in [1.807, 2.05) is 6.07 Å². The van der Waals surface area contributed by atoms with Crippen molar-refractivity contribution in [3.8, 4) is 5.75 Å². The maximum absolute atomic E-state index is 6.17. The lowest BCUT2D eigenvalue weighted by atomic mass is 9.79. The van der Waals surface area contributed by atoms with Gasteiger partial charge in [0.15, 0.2) is 0 Å². The number of hydrogen-bond acceptors (Lipinski definition) is 5. The van der Waals surface area contributed by atoms with Crippen LogP contribution in [0.15, 0.2) is 18.5 Å². The first kappa shape index (κ1) is 15.2. The van der Waals surface area contributed by atoms with Crippen LogP contribution in [0.3, 0.4) is 0 Å². The molecule has 1 aliphatic heterocycles. The van der Waals surface area contributed by atoms with Gasteiger partial charge in [0.25, 0.3) is 0 Å². The van der Waals surface area contributed by atoms with Crippen LogP contribution in [-0.2, 0) is 4.74 Å². The average molecular weight is 279 g/mol. The van der Waals surface area contributed by atoms with Crippen LogP contribution in [0.4, 0.5) is 0 Å². The number of hydrogen-bond donors (Lipinski definition) is 2. The summed E-state index contributed by atoms with van der Waals surface area (Å²) in [7, 11) is 1.65. The van der Waals surface area contributed by atoms with Gasteiger partial charge in [-0.25, -0.2) is 0 Å². The van der Waals surface area contributed by atoms with Crippen molar-refractivity contribution in [2.75, 3.05) is 7.11 Å². The molecule has 5 heteroatoms. The fraction of sp³-hybridized carbons (Fsp3) is 0.667.